The highest BCUT2D eigenvalue weighted by molar-refractivity contribution is 5.72. The van der Waals surface area contributed by atoms with E-state index in [0.29, 0.717) is 11.0 Å². The van der Waals surface area contributed by atoms with E-state index in [4.69, 9.17) is 9.47 Å². The molecule has 4 atom stereocenters. The summed E-state index contributed by atoms with van der Waals surface area (Å²) in [4.78, 5) is 7.17. The van der Waals surface area contributed by atoms with Crippen LogP contribution in [0.25, 0.3) is 11.0 Å². The number of aromatic nitrogens is 3. The number of hydrogen-bond donors (Lipinski definition) is 2. The first-order valence-electron chi connectivity index (χ1n) is 9.34. The fraction of sp³-hybridized carbons (Fsp3) is 0.400. The molecule has 166 valence electrons. The summed E-state index contributed by atoms with van der Waals surface area (Å²) < 4.78 is 81.5. The first-order chi connectivity index (χ1) is 14.5. The number of fused-ring (bicyclic) bond motifs is 1. The smallest absolute Gasteiger partial charge is 0.417 e. The summed E-state index contributed by atoms with van der Waals surface area (Å²) >= 11 is 0. The summed E-state index contributed by atoms with van der Waals surface area (Å²) in [5, 5.41) is 9.59. The maximum atomic E-state index is 14.4. The van der Waals surface area contributed by atoms with Gasteiger partial charge in [0.2, 0.25) is 18.2 Å². The molecule has 0 bridgehead atoms. The summed E-state index contributed by atoms with van der Waals surface area (Å²) in [6.45, 7) is 2.25. The molecule has 1 aliphatic heterocycles. The Morgan fingerprint density at radius 2 is 1.97 bits per heavy atom. The second kappa shape index (κ2) is 7.04. The number of aromatic amines is 1. The first kappa shape index (κ1) is 21.3. The molecule has 2 aromatic heterocycles. The number of ether oxygens (including phenoxy) is 2. The van der Waals surface area contributed by atoms with Gasteiger partial charge in [-0.3, -0.25) is 5.21 Å². The van der Waals surface area contributed by atoms with Gasteiger partial charge >= 0.3 is 6.18 Å². The van der Waals surface area contributed by atoms with Crippen molar-refractivity contribution in [3.63, 3.8) is 0 Å². The Labute approximate surface area is 173 Å². The molecule has 0 saturated carbocycles. The minimum absolute atomic E-state index is 0.0320. The van der Waals surface area contributed by atoms with Crippen molar-refractivity contribution in [3.05, 3.63) is 53.6 Å². The van der Waals surface area contributed by atoms with Crippen LogP contribution in [0.15, 0.2) is 30.6 Å². The Hall–Kier alpha value is -2.95. The van der Waals surface area contributed by atoms with Crippen LogP contribution in [0.1, 0.15) is 37.3 Å². The fourth-order valence-corrected chi connectivity index (χ4v) is 4.15. The average molecular weight is 444 g/mol. The molecule has 1 aromatic carbocycles. The quantitative estimate of drug-likeness (QED) is 0.361. The van der Waals surface area contributed by atoms with Crippen LogP contribution in [0.3, 0.4) is 0 Å². The zero-order chi connectivity index (χ0) is 22.7. The van der Waals surface area contributed by atoms with Crippen LogP contribution >= 0.6 is 0 Å². The molecule has 6 nitrogen and oxygen atoms in total. The molecule has 3 aromatic rings. The van der Waals surface area contributed by atoms with Gasteiger partial charge in [0.05, 0.1) is 7.11 Å². The number of halogens is 5. The highest BCUT2D eigenvalue weighted by atomic mass is 19.4. The number of rotatable bonds is 3. The van der Waals surface area contributed by atoms with E-state index in [9.17, 15) is 27.2 Å². The average Bonchev–Trinajstić information content (AvgIpc) is 3.23. The molecule has 0 unspecified atom stereocenters. The molecule has 0 spiro atoms. The van der Waals surface area contributed by atoms with Crippen LogP contribution in [-0.4, -0.2) is 34.1 Å². The van der Waals surface area contributed by atoms with Gasteiger partial charge in [-0.2, -0.15) is 17.6 Å². The molecule has 3 heterocycles. The first-order valence-corrected chi connectivity index (χ1v) is 9.34. The number of benzene rings is 1. The second-order valence-corrected chi connectivity index (χ2v) is 7.69. The highest BCUT2D eigenvalue weighted by Gasteiger charge is 2.65. The predicted octanol–water partition coefficient (Wildman–Crippen LogP) is 4.19. The number of nitrogens with zero attached hydrogens (tertiary/aromatic N) is 2. The lowest BCUT2D eigenvalue weighted by Crippen LogP contribution is -2.46. The van der Waals surface area contributed by atoms with E-state index in [1.54, 1.807) is 0 Å². The number of nitrogens with one attached hydrogen (secondary N) is 1. The zero-order valence-electron chi connectivity index (χ0n) is 16.7. The van der Waals surface area contributed by atoms with Crippen molar-refractivity contribution in [3.8, 4) is 5.75 Å². The Kier molecular flexibility index (Phi) is 4.84. The van der Waals surface area contributed by atoms with E-state index in [2.05, 4.69) is 9.97 Å². The summed E-state index contributed by atoms with van der Waals surface area (Å²) in [5.74, 6) is -5.18. The summed E-state index contributed by atoms with van der Waals surface area (Å²) in [6, 6.07) is 3.50. The van der Waals surface area contributed by atoms with E-state index >= 15 is 0 Å². The Morgan fingerprint density at radius 3 is 2.61 bits per heavy atom. The number of alkyl halides is 3. The van der Waals surface area contributed by atoms with Crippen LogP contribution in [0.5, 0.6) is 5.75 Å². The van der Waals surface area contributed by atoms with Crippen molar-refractivity contribution in [2.75, 3.05) is 7.11 Å². The van der Waals surface area contributed by atoms with Gasteiger partial charge in [0.1, 0.15) is 23.0 Å². The van der Waals surface area contributed by atoms with E-state index in [-0.39, 0.29) is 11.4 Å². The van der Waals surface area contributed by atoms with Gasteiger partial charge in [-0.25, -0.2) is 9.37 Å². The van der Waals surface area contributed by atoms with Crippen LogP contribution in [0.2, 0.25) is 0 Å². The molecule has 1 fully saturated rings. The standard InChI is InChI=1S/C20H18F5N3O3/c1-9-14(10-4-5-11(21)15(22)16(10)30-3)17(31-19(9,2)20(23,24)25)18-26-12-6-7-28(29)8-13(12)27-18/h4-9,14,17,29H,1-3H3/p+1/t9-,14-,17+,19+/m0/s1. The maximum absolute atomic E-state index is 14.4. The van der Waals surface area contributed by atoms with E-state index in [1.165, 1.54) is 31.5 Å². The molecular weight excluding hydrogens is 425 g/mol. The molecule has 0 aliphatic carbocycles. The molecule has 1 saturated heterocycles. The largest absolute Gasteiger partial charge is 0.493 e. The topological polar surface area (TPSA) is 71.2 Å². The molecule has 0 radical (unpaired) electrons. The number of hydrogen-bond acceptors (Lipinski definition) is 4. The van der Waals surface area contributed by atoms with Gasteiger partial charge in [0, 0.05) is 28.2 Å². The molecular formula is C20H19F5N3O3+. The lowest BCUT2D eigenvalue weighted by Gasteiger charge is -2.32. The predicted molar refractivity (Wildman–Crippen MR) is 96.6 cm³/mol. The molecule has 2 N–H and O–H groups in total. The third-order valence-electron chi connectivity index (χ3n) is 6.01. The number of pyridine rings is 1. The van der Waals surface area contributed by atoms with Crippen molar-refractivity contribution < 1.29 is 41.4 Å². The highest BCUT2D eigenvalue weighted by Crippen LogP contribution is 2.59. The van der Waals surface area contributed by atoms with Gasteiger partial charge in [0.15, 0.2) is 17.2 Å². The van der Waals surface area contributed by atoms with Gasteiger partial charge in [-0.15, -0.1) is 0 Å². The van der Waals surface area contributed by atoms with Gasteiger partial charge in [-0.1, -0.05) is 13.0 Å². The van der Waals surface area contributed by atoms with E-state index < -0.39 is 47.1 Å². The van der Waals surface area contributed by atoms with Crippen molar-refractivity contribution in [2.24, 2.45) is 5.92 Å². The SMILES string of the molecule is COc1c([C@H]2[C@H](c3nc4cc[n+](O)cc4[nH]3)O[C@@](C)(C(F)(F)F)[C@H]2C)ccc(F)c1F. The third kappa shape index (κ3) is 3.18. The Bertz CT molecular complexity index is 1150. The van der Waals surface area contributed by atoms with E-state index in [1.807, 2.05) is 0 Å². The molecule has 0 amide bonds. The third-order valence-corrected chi connectivity index (χ3v) is 6.01. The van der Waals surface area contributed by atoms with E-state index in [0.717, 1.165) is 24.8 Å². The molecule has 31 heavy (non-hydrogen) atoms. The van der Waals surface area contributed by atoms with Crippen molar-refractivity contribution in [1.29, 1.82) is 0 Å². The monoisotopic (exact) mass is 444 g/mol. The van der Waals surface area contributed by atoms with Gasteiger partial charge < -0.3 is 14.5 Å². The number of methoxy groups -OCH3 is 1. The Balaban J connectivity index is 1.92. The van der Waals surface area contributed by atoms with Gasteiger partial charge in [0.25, 0.3) is 0 Å². The molecule has 4 rings (SSSR count). The van der Waals surface area contributed by atoms with Crippen LogP contribution in [0.4, 0.5) is 22.0 Å². The minimum atomic E-state index is -4.74. The molecule has 11 heteroatoms. The fourth-order valence-electron chi connectivity index (χ4n) is 4.15. The second-order valence-electron chi connectivity index (χ2n) is 7.69. The lowest BCUT2D eigenvalue weighted by atomic mass is 9.77. The number of imidazole rings is 1. The van der Waals surface area contributed by atoms with Crippen LogP contribution in [0, 0.1) is 17.6 Å². The maximum Gasteiger partial charge on any atom is 0.417 e. The van der Waals surface area contributed by atoms with Gasteiger partial charge in [-0.05, 0) is 13.0 Å². The Morgan fingerprint density at radius 1 is 1.26 bits per heavy atom. The normalized spacial score (nSPS) is 26.5. The van der Waals surface area contributed by atoms with Crippen molar-refractivity contribution >= 4 is 11.0 Å². The van der Waals surface area contributed by atoms with Crippen LogP contribution < -0.4 is 9.47 Å². The zero-order valence-corrected chi connectivity index (χ0v) is 16.7. The lowest BCUT2D eigenvalue weighted by molar-refractivity contribution is -0.904. The van der Waals surface area contributed by atoms with Crippen LogP contribution in [-0.2, 0) is 4.74 Å². The summed E-state index contributed by atoms with van der Waals surface area (Å²) in [7, 11) is 1.11. The summed E-state index contributed by atoms with van der Waals surface area (Å²) in [5.41, 5.74) is -1.82. The minimum Gasteiger partial charge on any atom is -0.493 e. The number of H-pyrrole nitrogens is 1. The van der Waals surface area contributed by atoms with Crippen molar-refractivity contribution in [2.45, 2.75) is 37.6 Å². The summed E-state index contributed by atoms with van der Waals surface area (Å²) in [6.07, 6.45) is -3.42. The molecule has 1 aliphatic rings. The van der Waals surface area contributed by atoms with Crippen molar-refractivity contribution in [1.82, 2.24) is 9.97 Å².